The molecular formula is C14H11ClF4N2. The van der Waals surface area contributed by atoms with Crippen LogP contribution in [0.3, 0.4) is 0 Å². The van der Waals surface area contributed by atoms with Gasteiger partial charge in [-0.2, -0.15) is 13.2 Å². The van der Waals surface area contributed by atoms with Gasteiger partial charge in [-0.1, -0.05) is 18.5 Å². The molecule has 0 aliphatic carbocycles. The minimum absolute atomic E-state index is 0.0919. The fraction of sp³-hybridized carbons (Fsp3) is 0.286. The van der Waals surface area contributed by atoms with Gasteiger partial charge in [-0.3, -0.25) is 0 Å². The zero-order chi connectivity index (χ0) is 15.8. The molecule has 7 heteroatoms. The second kappa shape index (κ2) is 5.60. The lowest BCUT2D eigenvalue weighted by Crippen LogP contribution is -2.10. The Hall–Kier alpha value is -1.69. The molecule has 0 unspecified atom stereocenters. The third-order valence-corrected chi connectivity index (χ3v) is 3.42. The van der Waals surface area contributed by atoms with Crippen molar-refractivity contribution in [2.45, 2.75) is 26.4 Å². The molecule has 0 aliphatic heterocycles. The van der Waals surface area contributed by atoms with Gasteiger partial charge in [0.05, 0.1) is 5.56 Å². The second-order valence-electron chi connectivity index (χ2n) is 4.45. The topological polar surface area (TPSA) is 25.8 Å². The number of halogens is 5. The Labute approximate surface area is 123 Å². The summed E-state index contributed by atoms with van der Waals surface area (Å²) in [6.45, 7) is 3.51. The van der Waals surface area contributed by atoms with E-state index in [0.717, 1.165) is 12.1 Å². The molecule has 0 aliphatic rings. The monoisotopic (exact) mass is 318 g/mol. The van der Waals surface area contributed by atoms with Crippen molar-refractivity contribution < 1.29 is 17.6 Å². The van der Waals surface area contributed by atoms with E-state index in [4.69, 9.17) is 11.6 Å². The summed E-state index contributed by atoms with van der Waals surface area (Å²) in [6.07, 6.45) is -4.20. The van der Waals surface area contributed by atoms with Crippen LogP contribution in [0.25, 0.3) is 11.4 Å². The fourth-order valence-corrected chi connectivity index (χ4v) is 2.13. The average molecular weight is 319 g/mol. The number of rotatable bonds is 2. The number of aromatic nitrogens is 2. The third-order valence-electron chi connectivity index (χ3n) is 3.05. The van der Waals surface area contributed by atoms with Crippen LogP contribution in [0.2, 0.25) is 5.15 Å². The summed E-state index contributed by atoms with van der Waals surface area (Å²) in [5.41, 5.74) is -0.231. The van der Waals surface area contributed by atoms with E-state index in [1.165, 1.54) is 0 Å². The first-order chi connectivity index (χ1) is 9.74. The molecule has 0 spiro atoms. The van der Waals surface area contributed by atoms with E-state index >= 15 is 0 Å². The van der Waals surface area contributed by atoms with E-state index < -0.39 is 17.6 Å². The van der Waals surface area contributed by atoms with Crippen LogP contribution in [0, 0.1) is 12.7 Å². The number of nitrogens with zero attached hydrogens (tertiary/aromatic N) is 2. The standard InChI is InChI=1S/C14H11ClF4N2/c1-3-11-7(2)12(15)21-13(20-11)9-5-4-8(16)6-10(9)14(17,18)19/h4-6H,3H2,1-2H3. The SMILES string of the molecule is CCc1nc(-c2ccc(F)cc2C(F)(F)F)nc(Cl)c1C. The van der Waals surface area contributed by atoms with Crippen LogP contribution in [0.15, 0.2) is 18.2 Å². The molecule has 0 radical (unpaired) electrons. The van der Waals surface area contributed by atoms with E-state index in [2.05, 4.69) is 9.97 Å². The highest BCUT2D eigenvalue weighted by molar-refractivity contribution is 6.30. The van der Waals surface area contributed by atoms with E-state index in [1.807, 2.05) is 6.92 Å². The molecule has 2 nitrogen and oxygen atoms in total. The first-order valence-corrected chi connectivity index (χ1v) is 6.52. The molecule has 112 valence electrons. The lowest BCUT2D eigenvalue weighted by molar-refractivity contribution is -0.137. The second-order valence-corrected chi connectivity index (χ2v) is 4.81. The van der Waals surface area contributed by atoms with E-state index in [1.54, 1.807) is 6.92 Å². The van der Waals surface area contributed by atoms with E-state index in [9.17, 15) is 17.6 Å². The van der Waals surface area contributed by atoms with Crippen molar-refractivity contribution in [3.05, 3.63) is 46.0 Å². The summed E-state index contributed by atoms with van der Waals surface area (Å²) in [4.78, 5) is 7.99. The largest absolute Gasteiger partial charge is 0.417 e. The molecular weight excluding hydrogens is 308 g/mol. The lowest BCUT2D eigenvalue weighted by atomic mass is 10.1. The van der Waals surface area contributed by atoms with Crippen molar-refractivity contribution in [2.75, 3.05) is 0 Å². The van der Waals surface area contributed by atoms with Crippen LogP contribution in [0.1, 0.15) is 23.7 Å². The Morgan fingerprint density at radius 2 is 1.86 bits per heavy atom. The molecule has 21 heavy (non-hydrogen) atoms. The van der Waals surface area contributed by atoms with Crippen LogP contribution in [0.5, 0.6) is 0 Å². The zero-order valence-corrected chi connectivity index (χ0v) is 12.0. The highest BCUT2D eigenvalue weighted by Crippen LogP contribution is 2.37. The van der Waals surface area contributed by atoms with Crippen LogP contribution >= 0.6 is 11.6 Å². The molecule has 0 N–H and O–H groups in total. The quantitative estimate of drug-likeness (QED) is 0.585. The molecule has 0 bridgehead atoms. The summed E-state index contributed by atoms with van der Waals surface area (Å²) >= 11 is 5.94. The van der Waals surface area contributed by atoms with Crippen molar-refractivity contribution in [1.82, 2.24) is 9.97 Å². The van der Waals surface area contributed by atoms with Gasteiger partial charge in [-0.05, 0) is 31.5 Å². The highest BCUT2D eigenvalue weighted by atomic mass is 35.5. The average Bonchev–Trinajstić information content (AvgIpc) is 2.40. The summed E-state index contributed by atoms with van der Waals surface area (Å²) in [7, 11) is 0. The summed E-state index contributed by atoms with van der Waals surface area (Å²) in [5, 5.41) is 0.0919. The Balaban J connectivity index is 2.70. The molecule has 1 heterocycles. The molecule has 2 rings (SSSR count). The minimum atomic E-state index is -4.70. The third kappa shape index (κ3) is 3.15. The van der Waals surface area contributed by atoms with Crippen molar-refractivity contribution in [1.29, 1.82) is 0 Å². The number of hydrogen-bond acceptors (Lipinski definition) is 2. The number of alkyl halides is 3. The van der Waals surface area contributed by atoms with Gasteiger partial charge in [0.15, 0.2) is 5.82 Å². The molecule has 1 aromatic heterocycles. The molecule has 0 saturated heterocycles. The van der Waals surface area contributed by atoms with E-state index in [-0.39, 0.29) is 16.5 Å². The normalized spacial score (nSPS) is 11.8. The maximum atomic E-state index is 13.1. The molecule has 1 aromatic carbocycles. The maximum Gasteiger partial charge on any atom is 0.417 e. The Morgan fingerprint density at radius 1 is 1.19 bits per heavy atom. The Kier molecular flexibility index (Phi) is 4.18. The summed E-state index contributed by atoms with van der Waals surface area (Å²) in [6, 6.07) is 2.38. The number of benzene rings is 1. The first-order valence-electron chi connectivity index (χ1n) is 6.14. The Morgan fingerprint density at radius 3 is 2.43 bits per heavy atom. The lowest BCUT2D eigenvalue weighted by Gasteiger charge is -2.13. The predicted molar refractivity (Wildman–Crippen MR) is 71.6 cm³/mol. The highest BCUT2D eigenvalue weighted by Gasteiger charge is 2.35. The number of hydrogen-bond donors (Lipinski definition) is 0. The van der Waals surface area contributed by atoms with E-state index in [0.29, 0.717) is 23.7 Å². The van der Waals surface area contributed by atoms with Gasteiger partial charge in [0.2, 0.25) is 0 Å². The van der Waals surface area contributed by atoms with Crippen molar-refractivity contribution >= 4 is 11.6 Å². The molecule has 0 amide bonds. The van der Waals surface area contributed by atoms with Gasteiger partial charge in [0.1, 0.15) is 11.0 Å². The van der Waals surface area contributed by atoms with Gasteiger partial charge in [-0.15, -0.1) is 0 Å². The van der Waals surface area contributed by atoms with Crippen molar-refractivity contribution in [2.24, 2.45) is 0 Å². The maximum absolute atomic E-state index is 13.1. The summed E-state index contributed by atoms with van der Waals surface area (Å²) < 4.78 is 52.2. The number of aryl methyl sites for hydroxylation is 1. The fourth-order valence-electron chi connectivity index (χ4n) is 1.94. The van der Waals surface area contributed by atoms with Gasteiger partial charge in [0.25, 0.3) is 0 Å². The molecule has 0 fully saturated rings. The van der Waals surface area contributed by atoms with Crippen molar-refractivity contribution in [3.8, 4) is 11.4 Å². The van der Waals surface area contributed by atoms with Gasteiger partial charge < -0.3 is 0 Å². The summed E-state index contributed by atoms with van der Waals surface area (Å²) in [5.74, 6) is -1.13. The van der Waals surface area contributed by atoms with Gasteiger partial charge in [0, 0.05) is 16.8 Å². The Bertz CT molecular complexity index is 683. The van der Waals surface area contributed by atoms with Crippen LogP contribution in [-0.2, 0) is 12.6 Å². The molecule has 0 atom stereocenters. The molecule has 0 saturated carbocycles. The van der Waals surface area contributed by atoms with Gasteiger partial charge >= 0.3 is 6.18 Å². The minimum Gasteiger partial charge on any atom is -0.233 e. The molecule has 2 aromatic rings. The van der Waals surface area contributed by atoms with Crippen molar-refractivity contribution in [3.63, 3.8) is 0 Å². The zero-order valence-electron chi connectivity index (χ0n) is 11.2. The van der Waals surface area contributed by atoms with Crippen LogP contribution in [0.4, 0.5) is 17.6 Å². The smallest absolute Gasteiger partial charge is 0.233 e. The van der Waals surface area contributed by atoms with Crippen LogP contribution < -0.4 is 0 Å². The predicted octanol–water partition coefficient (Wildman–Crippen LogP) is 4.83. The van der Waals surface area contributed by atoms with Gasteiger partial charge in [-0.25, -0.2) is 14.4 Å². The van der Waals surface area contributed by atoms with Crippen LogP contribution in [-0.4, -0.2) is 9.97 Å². The first kappa shape index (κ1) is 15.7.